The van der Waals surface area contributed by atoms with Gasteiger partial charge < -0.3 is 20.1 Å². The van der Waals surface area contributed by atoms with Gasteiger partial charge in [-0.3, -0.25) is 9.69 Å². The van der Waals surface area contributed by atoms with Crippen LogP contribution in [0.2, 0.25) is 0 Å². The molecule has 0 radical (unpaired) electrons. The minimum Gasteiger partial charge on any atom is -0.481 e. The summed E-state index contributed by atoms with van der Waals surface area (Å²) in [5.74, 6) is -0.527. The van der Waals surface area contributed by atoms with E-state index < -0.39 is 11.9 Å². The summed E-state index contributed by atoms with van der Waals surface area (Å²) in [4.78, 5) is 28.1. The Bertz CT molecular complexity index is 464. The maximum atomic E-state index is 12.7. The Morgan fingerprint density at radius 2 is 1.85 bits per heavy atom. The van der Waals surface area contributed by atoms with Crippen LogP contribution in [0.3, 0.4) is 0 Å². The molecule has 2 rings (SSSR count). The first-order valence-electron chi connectivity index (χ1n) is 10.0. The van der Waals surface area contributed by atoms with E-state index in [1.54, 1.807) is 4.90 Å². The number of rotatable bonds is 7. The molecule has 2 amide bonds. The highest BCUT2D eigenvalue weighted by Gasteiger charge is 2.33. The maximum absolute atomic E-state index is 12.7. The van der Waals surface area contributed by atoms with E-state index in [4.69, 9.17) is 4.74 Å². The summed E-state index contributed by atoms with van der Waals surface area (Å²) >= 11 is 0. The molecule has 2 saturated heterocycles. The Morgan fingerprint density at radius 3 is 2.42 bits per heavy atom. The van der Waals surface area contributed by atoms with E-state index in [0.29, 0.717) is 38.0 Å². The monoisotopic (exact) mass is 369 g/mol. The largest absolute Gasteiger partial charge is 0.481 e. The highest BCUT2D eigenvalue weighted by atomic mass is 16.5. The van der Waals surface area contributed by atoms with Gasteiger partial charge in [0.1, 0.15) is 0 Å². The van der Waals surface area contributed by atoms with Gasteiger partial charge in [-0.25, -0.2) is 4.79 Å². The molecule has 2 N–H and O–H groups in total. The lowest BCUT2D eigenvalue weighted by Crippen LogP contribution is -2.55. The molecule has 2 heterocycles. The van der Waals surface area contributed by atoms with Crippen molar-refractivity contribution in [2.45, 2.75) is 46.1 Å². The van der Waals surface area contributed by atoms with Gasteiger partial charge in [0, 0.05) is 38.8 Å². The molecule has 0 saturated carbocycles. The fourth-order valence-corrected chi connectivity index (χ4v) is 4.34. The molecule has 0 aromatic carbocycles. The molecule has 0 aromatic heterocycles. The van der Waals surface area contributed by atoms with Crippen LogP contribution >= 0.6 is 0 Å². The predicted octanol–water partition coefficient (Wildman–Crippen LogP) is 1.88. The van der Waals surface area contributed by atoms with Crippen molar-refractivity contribution in [1.29, 1.82) is 0 Å². The number of carboxylic acids is 1. The van der Waals surface area contributed by atoms with Crippen molar-refractivity contribution in [1.82, 2.24) is 15.1 Å². The van der Waals surface area contributed by atoms with Crippen LogP contribution in [-0.4, -0.2) is 78.9 Å². The van der Waals surface area contributed by atoms with Gasteiger partial charge in [-0.15, -0.1) is 0 Å². The fraction of sp³-hybridized carbons (Fsp3) is 0.895. The van der Waals surface area contributed by atoms with Crippen LogP contribution in [-0.2, 0) is 9.53 Å². The molecule has 0 aromatic rings. The van der Waals surface area contributed by atoms with Crippen LogP contribution in [0.1, 0.15) is 40.0 Å². The van der Waals surface area contributed by atoms with Crippen LogP contribution in [0.25, 0.3) is 0 Å². The predicted molar refractivity (Wildman–Crippen MR) is 100 cm³/mol. The summed E-state index contributed by atoms with van der Waals surface area (Å²) in [6, 6.07) is 0.169. The van der Waals surface area contributed by atoms with E-state index in [-0.39, 0.29) is 11.9 Å². The van der Waals surface area contributed by atoms with Gasteiger partial charge in [0.2, 0.25) is 0 Å². The number of ether oxygens (including phenoxy) is 1. The van der Waals surface area contributed by atoms with Gasteiger partial charge in [0.25, 0.3) is 0 Å². The molecule has 3 unspecified atom stereocenters. The number of carboxylic acid groups (broad SMARTS) is 1. The van der Waals surface area contributed by atoms with Gasteiger partial charge in [0.15, 0.2) is 0 Å². The highest BCUT2D eigenvalue weighted by molar-refractivity contribution is 5.76. The number of aliphatic carboxylic acids is 1. The molecule has 3 atom stereocenters. The fourth-order valence-electron chi connectivity index (χ4n) is 4.34. The third-order valence-electron chi connectivity index (χ3n) is 5.87. The van der Waals surface area contributed by atoms with Gasteiger partial charge in [-0.1, -0.05) is 33.6 Å². The van der Waals surface area contributed by atoms with E-state index in [0.717, 1.165) is 39.1 Å². The molecule has 2 aliphatic rings. The number of likely N-dealkylation sites (tertiary alicyclic amines) is 1. The van der Waals surface area contributed by atoms with Gasteiger partial charge in [0.05, 0.1) is 19.1 Å². The number of piperidine rings is 1. The molecule has 2 fully saturated rings. The number of carbonyl (C=O) groups excluding carboxylic acids is 1. The zero-order valence-corrected chi connectivity index (χ0v) is 16.4. The normalized spacial score (nSPS) is 25.9. The van der Waals surface area contributed by atoms with E-state index in [1.807, 2.05) is 6.92 Å². The Morgan fingerprint density at radius 1 is 1.19 bits per heavy atom. The standard InChI is InChI=1S/C19H35N3O4/c1-4-15(5-2)17(21-6-8-26-9-7-21)11-20-19(25)22-12-14(3)10-16(13-22)18(23)24/h14-17H,4-13H2,1-3H3,(H,20,25)(H,23,24). The van der Waals surface area contributed by atoms with E-state index in [9.17, 15) is 14.7 Å². The first-order chi connectivity index (χ1) is 12.5. The molecular weight excluding hydrogens is 334 g/mol. The van der Waals surface area contributed by atoms with Gasteiger partial charge in [-0.05, 0) is 18.3 Å². The third kappa shape index (κ3) is 5.58. The number of morpholine rings is 1. The van der Waals surface area contributed by atoms with Crippen LogP contribution in [0.5, 0.6) is 0 Å². The lowest BCUT2D eigenvalue weighted by molar-refractivity contribution is -0.143. The number of nitrogens with one attached hydrogen (secondary N) is 1. The molecule has 7 nitrogen and oxygen atoms in total. The molecular formula is C19H35N3O4. The van der Waals surface area contributed by atoms with Crippen LogP contribution in [0.15, 0.2) is 0 Å². The molecule has 0 bridgehead atoms. The summed E-state index contributed by atoms with van der Waals surface area (Å²) < 4.78 is 5.47. The van der Waals surface area contributed by atoms with Gasteiger partial charge in [-0.2, -0.15) is 0 Å². The average Bonchev–Trinajstić information content (AvgIpc) is 2.65. The second-order valence-electron chi connectivity index (χ2n) is 7.76. The molecule has 150 valence electrons. The number of carbonyl (C=O) groups is 2. The summed E-state index contributed by atoms with van der Waals surface area (Å²) in [5, 5.41) is 12.4. The van der Waals surface area contributed by atoms with Crippen molar-refractivity contribution in [3.63, 3.8) is 0 Å². The third-order valence-corrected chi connectivity index (χ3v) is 5.87. The lowest BCUT2D eigenvalue weighted by atomic mass is 9.90. The minimum atomic E-state index is -0.808. The first-order valence-corrected chi connectivity index (χ1v) is 10.0. The summed E-state index contributed by atoms with van der Waals surface area (Å²) in [5.41, 5.74) is 0. The van der Waals surface area contributed by atoms with Gasteiger partial charge >= 0.3 is 12.0 Å². The molecule has 7 heteroatoms. The van der Waals surface area contributed by atoms with Crippen LogP contribution in [0, 0.1) is 17.8 Å². The Kier molecular flexibility index (Phi) is 8.15. The second-order valence-corrected chi connectivity index (χ2v) is 7.76. The van der Waals surface area contributed by atoms with Crippen LogP contribution < -0.4 is 5.32 Å². The number of urea groups is 1. The zero-order chi connectivity index (χ0) is 19.1. The number of hydrogen-bond donors (Lipinski definition) is 2. The molecule has 0 spiro atoms. The second kappa shape index (κ2) is 10.1. The topological polar surface area (TPSA) is 82.1 Å². The average molecular weight is 370 g/mol. The van der Waals surface area contributed by atoms with Crippen molar-refractivity contribution in [3.05, 3.63) is 0 Å². The van der Waals surface area contributed by atoms with Crippen molar-refractivity contribution >= 4 is 12.0 Å². The quantitative estimate of drug-likeness (QED) is 0.716. The van der Waals surface area contributed by atoms with Crippen molar-refractivity contribution in [2.24, 2.45) is 17.8 Å². The molecule has 2 aliphatic heterocycles. The van der Waals surface area contributed by atoms with Crippen LogP contribution in [0.4, 0.5) is 4.79 Å². The number of hydrogen-bond acceptors (Lipinski definition) is 4. The zero-order valence-electron chi connectivity index (χ0n) is 16.4. The Hall–Kier alpha value is -1.34. The summed E-state index contributed by atoms with van der Waals surface area (Å²) in [6.07, 6.45) is 2.80. The summed E-state index contributed by atoms with van der Waals surface area (Å²) in [6.45, 7) is 11.2. The van der Waals surface area contributed by atoms with E-state index in [1.165, 1.54) is 0 Å². The Balaban J connectivity index is 1.95. The molecule has 26 heavy (non-hydrogen) atoms. The SMILES string of the molecule is CCC(CC)C(CNC(=O)N1CC(C)CC(C(=O)O)C1)N1CCOCC1. The van der Waals surface area contributed by atoms with E-state index >= 15 is 0 Å². The summed E-state index contributed by atoms with van der Waals surface area (Å²) in [7, 11) is 0. The lowest BCUT2D eigenvalue weighted by Gasteiger charge is -2.40. The Labute approximate surface area is 157 Å². The minimum absolute atomic E-state index is 0.132. The van der Waals surface area contributed by atoms with Crippen molar-refractivity contribution < 1.29 is 19.4 Å². The van der Waals surface area contributed by atoms with E-state index in [2.05, 4.69) is 24.1 Å². The van der Waals surface area contributed by atoms with Crippen molar-refractivity contribution in [3.8, 4) is 0 Å². The molecule has 0 aliphatic carbocycles. The number of nitrogens with zero attached hydrogens (tertiary/aromatic N) is 2. The first kappa shape index (κ1) is 21.0. The smallest absolute Gasteiger partial charge is 0.317 e. The number of amides is 2. The van der Waals surface area contributed by atoms with Crippen molar-refractivity contribution in [2.75, 3.05) is 45.9 Å². The maximum Gasteiger partial charge on any atom is 0.317 e. The highest BCUT2D eigenvalue weighted by Crippen LogP contribution is 2.23.